The maximum Gasteiger partial charge on any atom is 0.409 e. The number of aliphatic carboxylic acids is 1. The van der Waals surface area contributed by atoms with Crippen molar-refractivity contribution in [3.8, 4) is 0 Å². The molecule has 8 nitrogen and oxygen atoms in total. The van der Waals surface area contributed by atoms with Gasteiger partial charge in [-0.05, 0) is 94.6 Å². The number of hydrogen-bond donors (Lipinski definition) is 1. The molecule has 2 saturated carbocycles. The van der Waals surface area contributed by atoms with Crippen LogP contribution in [0, 0.1) is 11.8 Å². The van der Waals surface area contributed by atoms with Crippen LogP contribution < -0.4 is 0 Å². The highest BCUT2D eigenvalue weighted by Crippen LogP contribution is 2.42. The van der Waals surface area contributed by atoms with Crippen molar-refractivity contribution in [1.82, 2.24) is 14.5 Å². The van der Waals surface area contributed by atoms with Crippen molar-refractivity contribution >= 4 is 23.1 Å². The van der Waals surface area contributed by atoms with Gasteiger partial charge in [-0.15, -0.1) is 0 Å². The van der Waals surface area contributed by atoms with Gasteiger partial charge in [0, 0.05) is 36.8 Å². The van der Waals surface area contributed by atoms with E-state index in [1.807, 2.05) is 7.11 Å². The van der Waals surface area contributed by atoms with Gasteiger partial charge in [0.2, 0.25) is 0 Å². The molecule has 1 N–H and O–H groups in total. The molecule has 2 heterocycles. The molecule has 2 aromatic rings. The predicted octanol–water partition coefficient (Wildman–Crippen LogP) is 6.23. The third-order valence-corrected chi connectivity index (χ3v) is 9.63. The maximum absolute atomic E-state index is 12.4. The molecule has 1 aliphatic heterocycles. The van der Waals surface area contributed by atoms with Crippen LogP contribution in [0.5, 0.6) is 0 Å². The number of carbonyl (C=O) groups is 2. The van der Waals surface area contributed by atoms with E-state index >= 15 is 0 Å². The van der Waals surface area contributed by atoms with Crippen molar-refractivity contribution in [1.29, 1.82) is 0 Å². The van der Waals surface area contributed by atoms with Crippen LogP contribution in [-0.2, 0) is 27.2 Å². The van der Waals surface area contributed by atoms with Gasteiger partial charge in [-0.3, -0.25) is 0 Å². The van der Waals surface area contributed by atoms with E-state index in [0.29, 0.717) is 36.7 Å². The number of nitrogens with zero attached hydrogens (tertiary/aromatic N) is 3. The zero-order chi connectivity index (χ0) is 27.7. The lowest BCUT2D eigenvalue weighted by Crippen LogP contribution is -2.35. The molecule has 1 aromatic heterocycles. The van der Waals surface area contributed by atoms with E-state index in [-0.39, 0.29) is 17.9 Å². The van der Waals surface area contributed by atoms with Crippen molar-refractivity contribution in [2.24, 2.45) is 11.8 Å². The number of aromatic nitrogens is 2. The number of amides is 1. The minimum atomic E-state index is -0.885. The van der Waals surface area contributed by atoms with Crippen LogP contribution in [0.3, 0.4) is 0 Å². The molecule has 5 rings (SSSR count). The van der Waals surface area contributed by atoms with E-state index in [4.69, 9.17) is 14.5 Å². The number of fused-ring (bicyclic) bond motifs is 3. The molecule has 39 heavy (non-hydrogen) atoms. The Morgan fingerprint density at radius 2 is 1.82 bits per heavy atom. The molecule has 3 aliphatic rings. The summed E-state index contributed by atoms with van der Waals surface area (Å²) in [6.45, 7) is 7.32. The standard InChI is InChI=1S/C31H43N3O5/c1-19(17-21-5-12-25(38-3)13-6-21)34-27-14-11-23-15-16-33(31(37)39-4)18-26(23)28(27)32-29(34)24-9-7-22(8-10-24)20(2)30(35)36/h11,14,19,21-22,24-25H,2,5-10,12-13,15-18H2,1,3-4H3,(H,35,36)/t19-,21-,22-,24-,25-/m1/s1. The van der Waals surface area contributed by atoms with Crippen LogP contribution in [0.2, 0.25) is 0 Å². The van der Waals surface area contributed by atoms with Crippen LogP contribution in [0.1, 0.15) is 93.6 Å². The Hall–Kier alpha value is -2.87. The van der Waals surface area contributed by atoms with Gasteiger partial charge in [0.25, 0.3) is 0 Å². The highest BCUT2D eigenvalue weighted by molar-refractivity contribution is 5.86. The summed E-state index contributed by atoms with van der Waals surface area (Å²) in [4.78, 5) is 31.0. The number of imidazole rings is 1. The lowest BCUT2D eigenvalue weighted by Gasteiger charge is -2.32. The van der Waals surface area contributed by atoms with Crippen molar-refractivity contribution in [2.75, 3.05) is 20.8 Å². The van der Waals surface area contributed by atoms with Crippen molar-refractivity contribution < 1.29 is 24.2 Å². The van der Waals surface area contributed by atoms with Gasteiger partial charge in [0.05, 0.1) is 30.8 Å². The van der Waals surface area contributed by atoms with Gasteiger partial charge in [0.1, 0.15) is 5.82 Å². The molecule has 0 saturated heterocycles. The second-order valence-electron chi connectivity index (χ2n) is 11.9. The number of methoxy groups -OCH3 is 2. The summed E-state index contributed by atoms with van der Waals surface area (Å²) in [6, 6.07) is 4.74. The van der Waals surface area contributed by atoms with E-state index in [9.17, 15) is 14.7 Å². The first-order chi connectivity index (χ1) is 18.8. The van der Waals surface area contributed by atoms with Gasteiger partial charge in [0.15, 0.2) is 0 Å². The Morgan fingerprint density at radius 1 is 1.10 bits per heavy atom. The number of ether oxygens (including phenoxy) is 2. The van der Waals surface area contributed by atoms with E-state index in [1.165, 1.54) is 25.5 Å². The lowest BCUT2D eigenvalue weighted by molar-refractivity contribution is -0.133. The molecule has 0 radical (unpaired) electrons. The fourth-order valence-electron chi connectivity index (χ4n) is 7.31. The highest BCUT2D eigenvalue weighted by atomic mass is 16.5. The third kappa shape index (κ3) is 5.58. The fraction of sp³-hybridized carbons (Fsp3) is 0.645. The molecule has 1 aromatic carbocycles. The molecule has 2 fully saturated rings. The number of benzene rings is 1. The van der Waals surface area contributed by atoms with Crippen LogP contribution in [-0.4, -0.2) is 58.5 Å². The number of rotatable bonds is 7. The first-order valence-electron chi connectivity index (χ1n) is 14.6. The molecule has 1 amide bonds. The SMILES string of the molecule is C=C(C(=O)O)[C@H]1CC[C@H](c2nc3c4c(ccc3n2[C@H](C)C[C@H]2CC[C@H](OC)CC2)CCN(C(=O)OC)C4)CC1. The lowest BCUT2D eigenvalue weighted by atomic mass is 9.78. The summed E-state index contributed by atoms with van der Waals surface area (Å²) >= 11 is 0. The summed E-state index contributed by atoms with van der Waals surface area (Å²) in [5.41, 5.74) is 4.86. The second kappa shape index (κ2) is 11.7. The summed E-state index contributed by atoms with van der Waals surface area (Å²) in [5, 5.41) is 9.45. The molecule has 1 atom stereocenters. The summed E-state index contributed by atoms with van der Waals surface area (Å²) in [7, 11) is 3.25. The van der Waals surface area contributed by atoms with E-state index in [0.717, 1.165) is 73.8 Å². The summed E-state index contributed by atoms with van der Waals surface area (Å²) < 4.78 is 13.1. The molecular formula is C31H43N3O5. The van der Waals surface area contributed by atoms with Crippen LogP contribution >= 0.6 is 0 Å². The van der Waals surface area contributed by atoms with Crippen molar-refractivity contribution in [2.45, 2.75) is 95.7 Å². The highest BCUT2D eigenvalue weighted by Gasteiger charge is 2.33. The monoisotopic (exact) mass is 537 g/mol. The largest absolute Gasteiger partial charge is 0.478 e. The minimum absolute atomic E-state index is 0.0337. The minimum Gasteiger partial charge on any atom is -0.478 e. The average Bonchev–Trinajstić information content (AvgIpc) is 3.37. The van der Waals surface area contributed by atoms with Gasteiger partial charge >= 0.3 is 12.1 Å². The van der Waals surface area contributed by atoms with Gasteiger partial charge in [-0.25, -0.2) is 14.6 Å². The van der Waals surface area contributed by atoms with E-state index in [2.05, 4.69) is 30.2 Å². The Morgan fingerprint density at radius 3 is 2.46 bits per heavy atom. The van der Waals surface area contributed by atoms with Crippen LogP contribution in [0.4, 0.5) is 4.79 Å². The maximum atomic E-state index is 12.4. The van der Waals surface area contributed by atoms with E-state index < -0.39 is 5.97 Å². The first kappa shape index (κ1) is 27.7. The molecule has 2 aliphatic carbocycles. The third-order valence-electron chi connectivity index (χ3n) is 9.63. The topological polar surface area (TPSA) is 93.9 Å². The van der Waals surface area contributed by atoms with Crippen molar-refractivity contribution in [3.63, 3.8) is 0 Å². The van der Waals surface area contributed by atoms with E-state index in [1.54, 1.807) is 4.90 Å². The smallest absolute Gasteiger partial charge is 0.409 e. The number of carboxylic acids is 1. The normalized spacial score (nSPS) is 26.2. The summed E-state index contributed by atoms with van der Waals surface area (Å²) in [6.07, 6.45) is 10.1. The zero-order valence-corrected chi connectivity index (χ0v) is 23.7. The molecule has 212 valence electrons. The quantitative estimate of drug-likeness (QED) is 0.421. The predicted molar refractivity (Wildman–Crippen MR) is 150 cm³/mol. The Bertz CT molecular complexity index is 1220. The van der Waals surface area contributed by atoms with Crippen LogP contribution in [0.15, 0.2) is 24.3 Å². The molecule has 0 unspecified atom stereocenters. The Balaban J connectivity index is 1.47. The van der Waals surface area contributed by atoms with Gasteiger partial charge in [-0.2, -0.15) is 0 Å². The molecule has 0 bridgehead atoms. The fourth-order valence-corrected chi connectivity index (χ4v) is 7.31. The average molecular weight is 538 g/mol. The Kier molecular flexibility index (Phi) is 8.31. The van der Waals surface area contributed by atoms with Gasteiger partial charge < -0.3 is 24.0 Å². The zero-order valence-electron chi connectivity index (χ0n) is 23.7. The van der Waals surface area contributed by atoms with Crippen molar-refractivity contribution in [3.05, 3.63) is 41.2 Å². The van der Waals surface area contributed by atoms with Gasteiger partial charge in [-0.1, -0.05) is 12.6 Å². The molecular weight excluding hydrogens is 494 g/mol. The number of carbonyl (C=O) groups excluding carboxylic acids is 1. The number of carboxylic acid groups (broad SMARTS) is 1. The first-order valence-corrected chi connectivity index (χ1v) is 14.6. The Labute approximate surface area is 231 Å². The number of hydrogen-bond acceptors (Lipinski definition) is 5. The molecule has 8 heteroatoms. The molecule has 0 spiro atoms. The van der Waals surface area contributed by atoms with Crippen LogP contribution in [0.25, 0.3) is 11.0 Å². The second-order valence-corrected chi connectivity index (χ2v) is 11.9. The summed E-state index contributed by atoms with van der Waals surface area (Å²) in [5.74, 6) is 1.21.